The zero-order chi connectivity index (χ0) is 29.0. The lowest BCUT2D eigenvalue weighted by molar-refractivity contribution is 0.669. The highest BCUT2D eigenvalue weighted by atomic mass is 16.3. The standard InChI is InChI=1S/C41H26N2O/c1-2-9-27(10-3-1)31-19-23-34-36-25-30(20-24-39(36)44-40(34)26-31)28-17-21-32(22-18-28)43-38-16-7-6-15-37(38)42-41(43)35-14-8-12-29-11-4-5-13-33(29)35/h1-26H. The van der Waals surface area contributed by atoms with E-state index in [2.05, 4.69) is 150 Å². The van der Waals surface area contributed by atoms with Crippen molar-refractivity contribution in [2.75, 3.05) is 0 Å². The van der Waals surface area contributed by atoms with Crippen LogP contribution in [0.1, 0.15) is 0 Å². The van der Waals surface area contributed by atoms with E-state index < -0.39 is 0 Å². The highest BCUT2D eigenvalue weighted by molar-refractivity contribution is 6.07. The van der Waals surface area contributed by atoms with E-state index in [9.17, 15) is 0 Å². The fraction of sp³-hybridized carbons (Fsp3) is 0. The first-order valence-electron chi connectivity index (χ1n) is 14.9. The zero-order valence-electron chi connectivity index (χ0n) is 23.8. The molecule has 9 rings (SSSR count). The van der Waals surface area contributed by atoms with Gasteiger partial charge in [-0.2, -0.15) is 0 Å². The van der Waals surface area contributed by atoms with Gasteiger partial charge in [-0.1, -0.05) is 109 Å². The first-order chi connectivity index (χ1) is 21.8. The molecule has 0 radical (unpaired) electrons. The van der Waals surface area contributed by atoms with Crippen LogP contribution < -0.4 is 0 Å². The number of hydrogen-bond donors (Lipinski definition) is 0. The Balaban J connectivity index is 1.13. The van der Waals surface area contributed by atoms with Crippen LogP contribution in [0.5, 0.6) is 0 Å². The van der Waals surface area contributed by atoms with Crippen LogP contribution in [0.4, 0.5) is 0 Å². The fourth-order valence-corrected chi connectivity index (χ4v) is 6.46. The number of rotatable bonds is 4. The number of hydrogen-bond acceptors (Lipinski definition) is 2. The second-order valence-electron chi connectivity index (χ2n) is 11.2. The van der Waals surface area contributed by atoms with Gasteiger partial charge in [0.25, 0.3) is 0 Å². The third-order valence-electron chi connectivity index (χ3n) is 8.63. The smallest absolute Gasteiger partial charge is 0.146 e. The zero-order valence-corrected chi connectivity index (χ0v) is 23.8. The molecule has 3 nitrogen and oxygen atoms in total. The minimum Gasteiger partial charge on any atom is -0.456 e. The van der Waals surface area contributed by atoms with Crippen LogP contribution in [0.3, 0.4) is 0 Å². The Morgan fingerprint density at radius 3 is 2.07 bits per heavy atom. The van der Waals surface area contributed by atoms with Crippen LogP contribution in [0.15, 0.2) is 162 Å². The van der Waals surface area contributed by atoms with Crippen molar-refractivity contribution in [3.8, 4) is 39.3 Å². The van der Waals surface area contributed by atoms with E-state index in [0.717, 1.165) is 66.7 Å². The molecule has 3 heteroatoms. The van der Waals surface area contributed by atoms with E-state index in [1.54, 1.807) is 0 Å². The summed E-state index contributed by atoms with van der Waals surface area (Å²) in [6, 6.07) is 55.5. The van der Waals surface area contributed by atoms with Crippen molar-refractivity contribution in [1.29, 1.82) is 0 Å². The maximum Gasteiger partial charge on any atom is 0.146 e. The molecule has 0 amide bonds. The summed E-state index contributed by atoms with van der Waals surface area (Å²) in [7, 11) is 0. The van der Waals surface area contributed by atoms with E-state index in [1.165, 1.54) is 16.3 Å². The lowest BCUT2D eigenvalue weighted by atomic mass is 10.0. The number of para-hydroxylation sites is 2. The van der Waals surface area contributed by atoms with Gasteiger partial charge in [-0.05, 0) is 81.6 Å². The molecule has 0 aliphatic heterocycles. The molecule has 0 atom stereocenters. The van der Waals surface area contributed by atoms with Crippen molar-refractivity contribution in [1.82, 2.24) is 9.55 Å². The van der Waals surface area contributed by atoms with E-state index in [1.807, 2.05) is 12.1 Å². The summed E-state index contributed by atoms with van der Waals surface area (Å²) in [5, 5.41) is 4.65. The molecule has 0 aliphatic rings. The molecule has 2 heterocycles. The van der Waals surface area contributed by atoms with Crippen LogP contribution in [-0.4, -0.2) is 9.55 Å². The van der Waals surface area contributed by atoms with Gasteiger partial charge in [0.15, 0.2) is 0 Å². The minimum absolute atomic E-state index is 0.898. The predicted octanol–water partition coefficient (Wildman–Crippen LogP) is 11.1. The number of benzene rings is 7. The van der Waals surface area contributed by atoms with Gasteiger partial charge < -0.3 is 4.42 Å². The van der Waals surface area contributed by atoms with E-state index in [0.29, 0.717) is 0 Å². The summed E-state index contributed by atoms with van der Waals surface area (Å²) in [6.07, 6.45) is 0. The maximum absolute atomic E-state index is 6.29. The summed E-state index contributed by atoms with van der Waals surface area (Å²) < 4.78 is 8.57. The van der Waals surface area contributed by atoms with Gasteiger partial charge in [0.1, 0.15) is 17.0 Å². The van der Waals surface area contributed by atoms with Gasteiger partial charge in [-0.3, -0.25) is 4.57 Å². The van der Waals surface area contributed by atoms with Crippen LogP contribution in [-0.2, 0) is 0 Å². The third kappa shape index (κ3) is 3.94. The minimum atomic E-state index is 0.898. The van der Waals surface area contributed by atoms with E-state index in [-0.39, 0.29) is 0 Å². The molecule has 0 bridgehead atoms. The monoisotopic (exact) mass is 562 g/mol. The largest absolute Gasteiger partial charge is 0.456 e. The van der Waals surface area contributed by atoms with E-state index >= 15 is 0 Å². The molecule has 9 aromatic rings. The van der Waals surface area contributed by atoms with Crippen LogP contribution in [0.2, 0.25) is 0 Å². The highest BCUT2D eigenvalue weighted by Crippen LogP contribution is 2.36. The second-order valence-corrected chi connectivity index (χ2v) is 11.2. The lowest BCUT2D eigenvalue weighted by Crippen LogP contribution is -1.98. The Morgan fingerprint density at radius 2 is 1.16 bits per heavy atom. The van der Waals surface area contributed by atoms with Crippen molar-refractivity contribution < 1.29 is 4.42 Å². The summed E-state index contributed by atoms with van der Waals surface area (Å²) in [5.41, 5.74) is 10.7. The normalized spacial score (nSPS) is 11.6. The first-order valence-corrected chi connectivity index (χ1v) is 14.9. The Bertz CT molecular complexity index is 2480. The Morgan fingerprint density at radius 1 is 0.455 bits per heavy atom. The lowest BCUT2D eigenvalue weighted by Gasteiger charge is -2.12. The second kappa shape index (κ2) is 9.82. The maximum atomic E-state index is 6.29. The van der Waals surface area contributed by atoms with Crippen LogP contribution >= 0.6 is 0 Å². The summed E-state index contributed by atoms with van der Waals surface area (Å²) in [5.74, 6) is 0.942. The van der Waals surface area contributed by atoms with Crippen molar-refractivity contribution in [3.63, 3.8) is 0 Å². The first kappa shape index (κ1) is 24.6. The molecule has 0 saturated carbocycles. The van der Waals surface area contributed by atoms with Gasteiger partial charge in [0, 0.05) is 22.0 Å². The third-order valence-corrected chi connectivity index (χ3v) is 8.63. The molecule has 0 saturated heterocycles. The van der Waals surface area contributed by atoms with Crippen molar-refractivity contribution in [2.24, 2.45) is 0 Å². The topological polar surface area (TPSA) is 31.0 Å². The van der Waals surface area contributed by atoms with Gasteiger partial charge in [-0.25, -0.2) is 4.98 Å². The highest BCUT2D eigenvalue weighted by Gasteiger charge is 2.17. The molecule has 0 fully saturated rings. The quantitative estimate of drug-likeness (QED) is 0.214. The average Bonchev–Trinajstić information content (AvgIpc) is 3.66. The summed E-state index contributed by atoms with van der Waals surface area (Å²) >= 11 is 0. The number of imidazole rings is 1. The molecular formula is C41H26N2O. The summed E-state index contributed by atoms with van der Waals surface area (Å²) in [6.45, 7) is 0. The van der Waals surface area contributed by atoms with Gasteiger partial charge in [-0.15, -0.1) is 0 Å². The SMILES string of the molecule is c1ccc(-c2ccc3c(c2)oc2ccc(-c4ccc(-n5c(-c6cccc7ccccc67)nc6ccccc65)cc4)cc23)cc1. The van der Waals surface area contributed by atoms with Gasteiger partial charge >= 0.3 is 0 Å². The Kier molecular flexibility index (Phi) is 5.50. The Labute approximate surface area is 254 Å². The molecule has 2 aromatic heterocycles. The van der Waals surface area contributed by atoms with Crippen LogP contribution in [0.25, 0.3) is 83.1 Å². The average molecular weight is 563 g/mol. The van der Waals surface area contributed by atoms with Gasteiger partial charge in [0.05, 0.1) is 11.0 Å². The molecule has 44 heavy (non-hydrogen) atoms. The number of fused-ring (bicyclic) bond motifs is 5. The van der Waals surface area contributed by atoms with Crippen molar-refractivity contribution >= 4 is 43.7 Å². The molecule has 206 valence electrons. The molecule has 0 aliphatic carbocycles. The predicted molar refractivity (Wildman–Crippen MR) is 182 cm³/mol. The number of aromatic nitrogens is 2. The van der Waals surface area contributed by atoms with E-state index in [4.69, 9.17) is 9.40 Å². The molecule has 0 spiro atoms. The van der Waals surface area contributed by atoms with Crippen molar-refractivity contribution in [2.45, 2.75) is 0 Å². The van der Waals surface area contributed by atoms with Gasteiger partial charge in [0.2, 0.25) is 0 Å². The van der Waals surface area contributed by atoms with Crippen molar-refractivity contribution in [3.05, 3.63) is 158 Å². The molecule has 0 unspecified atom stereocenters. The fourth-order valence-electron chi connectivity index (χ4n) is 6.46. The summed E-state index contributed by atoms with van der Waals surface area (Å²) in [4.78, 5) is 5.13. The molecule has 0 N–H and O–H groups in total. The molecule has 7 aromatic carbocycles. The number of furan rings is 1. The molecular weight excluding hydrogens is 536 g/mol. The van der Waals surface area contributed by atoms with Crippen LogP contribution in [0, 0.1) is 0 Å². The number of nitrogens with zero attached hydrogens (tertiary/aromatic N) is 2. The Hall–Kier alpha value is -5.93.